The van der Waals surface area contributed by atoms with Gasteiger partial charge in [0.15, 0.2) is 0 Å². The first-order chi connectivity index (χ1) is 26.3. The van der Waals surface area contributed by atoms with Crippen LogP contribution in [-0.2, 0) is 40.0 Å². The fraction of sp³-hybridized carbons (Fsp3) is 0.395. The van der Waals surface area contributed by atoms with E-state index >= 15 is 0 Å². The lowest BCUT2D eigenvalue weighted by atomic mass is 9.93. The highest BCUT2D eigenvalue weighted by atomic mass is 35.5. The summed E-state index contributed by atoms with van der Waals surface area (Å²) in [7, 11) is 0. The van der Waals surface area contributed by atoms with Crippen LogP contribution in [0.15, 0.2) is 72.8 Å². The second-order valence-corrected chi connectivity index (χ2v) is 15.4. The first kappa shape index (κ1) is 36.2. The molecule has 10 nitrogen and oxygen atoms in total. The molecule has 4 aromatic rings. The number of hydrogen-bond acceptors (Lipinski definition) is 8. The number of carbonyl (C=O) groups excluding carboxylic acids is 2. The molecule has 0 bridgehead atoms. The summed E-state index contributed by atoms with van der Waals surface area (Å²) in [6, 6.07) is 24.3. The number of carbonyl (C=O) groups is 2. The summed E-state index contributed by atoms with van der Waals surface area (Å²) < 4.78 is 5.55. The standard InChI is InChI=1S/C43H50ClN7O3/c1-27-7-8-31(36-26-38(48-40(27)36)43(53)47-28(2)29-10-13-35(14-11-29)51-18-4-16-46-51)23-32-5-3-6-33-24-37(49-41(32)33)42(52)45-17-15-30-9-12-34(44)25-39(30)50-19-21-54-22-20-50/h3,5-14,25,28,37-38,46,48-49H,4,15-24,26H2,1-2H3,(H,45,52)(H,47,53). The van der Waals surface area contributed by atoms with Gasteiger partial charge in [0.25, 0.3) is 0 Å². The summed E-state index contributed by atoms with van der Waals surface area (Å²) in [6.07, 6.45) is 3.83. The maximum Gasteiger partial charge on any atom is 0.243 e. The number of anilines is 4. The smallest absolute Gasteiger partial charge is 0.243 e. The van der Waals surface area contributed by atoms with Gasteiger partial charge in [-0.2, -0.15) is 0 Å². The number of amides is 2. The highest BCUT2D eigenvalue weighted by Gasteiger charge is 2.32. The Bertz CT molecular complexity index is 2010. The minimum absolute atomic E-state index is 0.00107. The Morgan fingerprint density at radius 1 is 0.889 bits per heavy atom. The average molecular weight is 748 g/mol. The maximum atomic E-state index is 13.6. The van der Waals surface area contributed by atoms with Crippen molar-refractivity contribution in [1.82, 2.24) is 16.1 Å². The van der Waals surface area contributed by atoms with Gasteiger partial charge in [0.05, 0.1) is 24.9 Å². The Morgan fingerprint density at radius 2 is 1.67 bits per heavy atom. The summed E-state index contributed by atoms with van der Waals surface area (Å²) >= 11 is 6.36. The van der Waals surface area contributed by atoms with Gasteiger partial charge >= 0.3 is 0 Å². The molecule has 11 heteroatoms. The van der Waals surface area contributed by atoms with Crippen LogP contribution in [0, 0.1) is 6.92 Å². The molecule has 0 spiro atoms. The van der Waals surface area contributed by atoms with E-state index in [4.69, 9.17) is 16.3 Å². The summed E-state index contributed by atoms with van der Waals surface area (Å²) in [5, 5.41) is 16.4. The third kappa shape index (κ3) is 7.74. The zero-order chi connectivity index (χ0) is 37.2. The Kier molecular flexibility index (Phi) is 10.7. The van der Waals surface area contributed by atoms with E-state index in [2.05, 4.69) is 104 Å². The highest BCUT2D eigenvalue weighted by Crippen LogP contribution is 2.37. The molecule has 3 unspecified atom stereocenters. The van der Waals surface area contributed by atoms with Crippen molar-refractivity contribution in [2.24, 2.45) is 0 Å². The van der Waals surface area contributed by atoms with E-state index in [-0.39, 0.29) is 29.9 Å². The Labute approximate surface area is 322 Å². The minimum atomic E-state index is -0.346. The number of hydrazine groups is 1. The van der Waals surface area contributed by atoms with Crippen LogP contribution >= 0.6 is 11.6 Å². The molecular weight excluding hydrogens is 698 g/mol. The second kappa shape index (κ2) is 15.9. The van der Waals surface area contributed by atoms with Gasteiger partial charge in [-0.15, -0.1) is 0 Å². The zero-order valence-corrected chi connectivity index (χ0v) is 31.9. The quantitative estimate of drug-likeness (QED) is 0.133. The molecule has 282 valence electrons. The van der Waals surface area contributed by atoms with Gasteiger partial charge in [0.1, 0.15) is 12.1 Å². The van der Waals surface area contributed by atoms with Gasteiger partial charge in [-0.3, -0.25) is 9.59 Å². The highest BCUT2D eigenvalue weighted by molar-refractivity contribution is 6.30. The largest absolute Gasteiger partial charge is 0.378 e. The lowest BCUT2D eigenvalue weighted by Gasteiger charge is -2.31. The zero-order valence-electron chi connectivity index (χ0n) is 31.1. The Hall–Kier alpha value is -4.77. The van der Waals surface area contributed by atoms with E-state index in [1.165, 1.54) is 16.7 Å². The molecule has 0 aliphatic carbocycles. The van der Waals surface area contributed by atoms with Crippen molar-refractivity contribution in [3.05, 3.63) is 117 Å². The number of fused-ring (bicyclic) bond motifs is 2. The molecule has 4 heterocycles. The number of para-hydroxylation sites is 1. The van der Waals surface area contributed by atoms with Crippen LogP contribution < -0.4 is 36.6 Å². The first-order valence-corrected chi connectivity index (χ1v) is 19.7. The number of benzene rings is 4. The molecule has 8 rings (SSSR count). The maximum absolute atomic E-state index is 13.6. The molecule has 4 aliphatic heterocycles. The average Bonchev–Trinajstić information content (AvgIpc) is 3.98. The van der Waals surface area contributed by atoms with E-state index in [0.717, 1.165) is 84.0 Å². The van der Waals surface area contributed by atoms with Crippen molar-refractivity contribution < 1.29 is 14.3 Å². The van der Waals surface area contributed by atoms with Gasteiger partial charge in [0.2, 0.25) is 11.8 Å². The molecule has 54 heavy (non-hydrogen) atoms. The molecule has 2 saturated heterocycles. The van der Waals surface area contributed by atoms with Crippen LogP contribution in [0.4, 0.5) is 22.7 Å². The van der Waals surface area contributed by atoms with Crippen LogP contribution in [-0.4, -0.2) is 69.8 Å². The summed E-state index contributed by atoms with van der Waals surface area (Å²) in [4.78, 5) is 29.4. The molecule has 0 saturated carbocycles. The lowest BCUT2D eigenvalue weighted by molar-refractivity contribution is -0.122. The summed E-state index contributed by atoms with van der Waals surface area (Å²) in [6.45, 7) is 9.74. The molecule has 2 amide bonds. The number of nitrogens with one attached hydrogen (secondary N) is 5. The van der Waals surface area contributed by atoms with Crippen molar-refractivity contribution in [2.75, 3.05) is 66.5 Å². The van der Waals surface area contributed by atoms with Crippen LogP contribution in [0.5, 0.6) is 0 Å². The van der Waals surface area contributed by atoms with E-state index < -0.39 is 0 Å². The van der Waals surface area contributed by atoms with Crippen LogP contribution in [0.25, 0.3) is 0 Å². The molecule has 4 aromatic carbocycles. The normalized spacial score (nSPS) is 19.5. The van der Waals surface area contributed by atoms with Gasteiger partial charge in [-0.1, -0.05) is 60.1 Å². The van der Waals surface area contributed by atoms with Gasteiger partial charge < -0.3 is 35.9 Å². The van der Waals surface area contributed by atoms with Crippen LogP contribution in [0.2, 0.25) is 5.02 Å². The molecule has 3 atom stereocenters. The fourth-order valence-electron chi connectivity index (χ4n) is 8.34. The summed E-state index contributed by atoms with van der Waals surface area (Å²) in [5.74, 6) is 0.000861. The molecule has 2 fully saturated rings. The molecular formula is C43H50ClN7O3. The molecule has 5 N–H and O–H groups in total. The number of ether oxygens (including phenoxy) is 1. The van der Waals surface area contributed by atoms with E-state index in [0.29, 0.717) is 44.0 Å². The van der Waals surface area contributed by atoms with Crippen molar-refractivity contribution in [2.45, 2.75) is 64.1 Å². The Balaban J connectivity index is 0.884. The molecule has 0 aromatic heterocycles. The van der Waals surface area contributed by atoms with Crippen molar-refractivity contribution in [1.29, 1.82) is 0 Å². The monoisotopic (exact) mass is 747 g/mol. The van der Waals surface area contributed by atoms with Gasteiger partial charge in [-0.05, 0) is 96.3 Å². The predicted octanol–water partition coefficient (Wildman–Crippen LogP) is 5.70. The summed E-state index contributed by atoms with van der Waals surface area (Å²) in [5.41, 5.74) is 15.8. The predicted molar refractivity (Wildman–Crippen MR) is 217 cm³/mol. The second-order valence-electron chi connectivity index (χ2n) is 15.0. The first-order valence-electron chi connectivity index (χ1n) is 19.4. The number of rotatable bonds is 11. The minimum Gasteiger partial charge on any atom is -0.378 e. The number of nitrogens with zero attached hydrogens (tertiary/aromatic N) is 2. The number of hydrogen-bond donors (Lipinski definition) is 5. The third-order valence-corrected chi connectivity index (χ3v) is 11.6. The number of morpholine rings is 1. The lowest BCUT2D eigenvalue weighted by Crippen LogP contribution is -2.40. The van der Waals surface area contributed by atoms with Crippen molar-refractivity contribution >= 4 is 46.2 Å². The van der Waals surface area contributed by atoms with Gasteiger partial charge in [-0.25, -0.2) is 5.43 Å². The van der Waals surface area contributed by atoms with Crippen LogP contribution in [0.1, 0.15) is 58.3 Å². The Morgan fingerprint density at radius 3 is 2.46 bits per heavy atom. The van der Waals surface area contributed by atoms with Crippen molar-refractivity contribution in [3.8, 4) is 0 Å². The number of aryl methyl sites for hydroxylation is 1. The number of halogens is 1. The van der Waals surface area contributed by atoms with E-state index in [1.54, 1.807) is 0 Å². The van der Waals surface area contributed by atoms with E-state index in [1.807, 2.05) is 19.1 Å². The molecule has 0 radical (unpaired) electrons. The fourth-order valence-corrected chi connectivity index (χ4v) is 8.51. The third-order valence-electron chi connectivity index (χ3n) is 11.4. The van der Waals surface area contributed by atoms with E-state index in [9.17, 15) is 9.59 Å². The molecule has 4 aliphatic rings. The topological polar surface area (TPSA) is 110 Å². The SMILES string of the molecule is Cc1ccc(Cc2cccc3c2NC(C(=O)NCCc2ccc(Cl)cc2N2CCOCC2)C3)c2c1NC(C(=O)NC(C)c1ccc(N3CCCN3)cc1)C2. The van der Waals surface area contributed by atoms with Gasteiger partial charge in [0, 0.05) is 67.7 Å². The van der Waals surface area contributed by atoms with Crippen LogP contribution in [0.3, 0.4) is 0 Å². The van der Waals surface area contributed by atoms with Crippen molar-refractivity contribution in [3.63, 3.8) is 0 Å².